The molecule has 198 valence electrons. The number of para-hydroxylation sites is 1. The Kier molecular flexibility index (Phi) is 7.09. The third-order valence-corrected chi connectivity index (χ3v) is 6.75. The second kappa shape index (κ2) is 10.8. The molecule has 0 unspecified atom stereocenters. The van der Waals surface area contributed by atoms with E-state index in [1.807, 2.05) is 30.3 Å². The smallest absolute Gasteiger partial charge is 0.274 e. The number of nitrogens with one attached hydrogen (secondary N) is 1. The minimum absolute atomic E-state index is 0. The van der Waals surface area contributed by atoms with Gasteiger partial charge in [0.25, 0.3) is 11.5 Å². The van der Waals surface area contributed by atoms with Crippen molar-refractivity contribution in [2.75, 3.05) is 5.73 Å². The summed E-state index contributed by atoms with van der Waals surface area (Å²) in [5.41, 5.74) is 9.63. The maximum absolute atomic E-state index is 14.1. The van der Waals surface area contributed by atoms with Crippen LogP contribution in [0.5, 0.6) is 0 Å². The SMILES string of the molecule is C.C[C@H](NC(=O)c1c(N)nc2cccnn12)c1nc2cccc(C#Cc3cncs3)c2c(=O)n1-c1ccccc1. The molecule has 6 rings (SSSR count). The van der Waals surface area contributed by atoms with E-state index in [9.17, 15) is 9.59 Å². The summed E-state index contributed by atoms with van der Waals surface area (Å²) in [7, 11) is 0. The first kappa shape index (κ1) is 26.3. The molecule has 2 aromatic carbocycles. The largest absolute Gasteiger partial charge is 0.382 e. The van der Waals surface area contributed by atoms with E-state index in [1.165, 1.54) is 20.4 Å². The number of hydrogen-bond acceptors (Lipinski definition) is 8. The lowest BCUT2D eigenvalue weighted by atomic mass is 10.1. The van der Waals surface area contributed by atoms with Crippen LogP contribution in [-0.4, -0.2) is 35.0 Å². The van der Waals surface area contributed by atoms with Gasteiger partial charge >= 0.3 is 0 Å². The van der Waals surface area contributed by atoms with E-state index in [2.05, 4.69) is 32.2 Å². The number of aromatic nitrogens is 6. The Morgan fingerprint density at radius 3 is 2.65 bits per heavy atom. The van der Waals surface area contributed by atoms with Crippen LogP contribution in [0.3, 0.4) is 0 Å². The minimum atomic E-state index is -0.685. The fraction of sp³-hybridized carbons (Fsp3) is 0.103. The highest BCUT2D eigenvalue weighted by Gasteiger charge is 2.24. The Morgan fingerprint density at radius 1 is 1.05 bits per heavy atom. The number of fused-ring (bicyclic) bond motifs is 2. The summed E-state index contributed by atoms with van der Waals surface area (Å²) >= 11 is 1.42. The Balaban J connectivity index is 0.00000323. The van der Waals surface area contributed by atoms with Crippen LogP contribution in [0.2, 0.25) is 0 Å². The van der Waals surface area contributed by atoms with E-state index in [4.69, 9.17) is 10.7 Å². The van der Waals surface area contributed by atoms with Gasteiger partial charge in [0.15, 0.2) is 17.2 Å². The number of imidazole rings is 1. The van der Waals surface area contributed by atoms with Crippen LogP contribution in [0.4, 0.5) is 5.82 Å². The molecule has 0 saturated carbocycles. The number of hydrogen-bond donors (Lipinski definition) is 2. The Morgan fingerprint density at radius 2 is 1.88 bits per heavy atom. The zero-order chi connectivity index (χ0) is 26.9. The van der Waals surface area contributed by atoms with Gasteiger partial charge in [-0.15, -0.1) is 11.3 Å². The van der Waals surface area contributed by atoms with Crippen molar-refractivity contribution in [1.29, 1.82) is 0 Å². The Bertz CT molecular complexity index is 1970. The van der Waals surface area contributed by atoms with E-state index < -0.39 is 11.9 Å². The summed E-state index contributed by atoms with van der Waals surface area (Å²) in [6, 6.07) is 17.2. The summed E-state index contributed by atoms with van der Waals surface area (Å²) in [6.07, 6.45) is 3.22. The van der Waals surface area contributed by atoms with Crippen LogP contribution in [0, 0.1) is 11.8 Å². The number of nitrogens with zero attached hydrogens (tertiary/aromatic N) is 6. The third kappa shape index (κ3) is 4.68. The van der Waals surface area contributed by atoms with Crippen LogP contribution >= 0.6 is 11.3 Å². The van der Waals surface area contributed by atoms with E-state index in [1.54, 1.807) is 55.2 Å². The molecular formula is C29H24N8O2S. The second-order valence-corrected chi connectivity index (χ2v) is 9.48. The zero-order valence-corrected chi connectivity index (χ0v) is 21.4. The molecule has 0 aliphatic heterocycles. The van der Waals surface area contributed by atoms with E-state index >= 15 is 0 Å². The molecular weight excluding hydrogens is 524 g/mol. The quantitative estimate of drug-likeness (QED) is 0.318. The van der Waals surface area contributed by atoms with Gasteiger partial charge in [-0.05, 0) is 49.2 Å². The summed E-state index contributed by atoms with van der Waals surface area (Å²) in [5.74, 6) is 6.07. The molecule has 0 aliphatic carbocycles. The highest BCUT2D eigenvalue weighted by atomic mass is 32.1. The molecule has 10 nitrogen and oxygen atoms in total. The van der Waals surface area contributed by atoms with Gasteiger partial charge in [-0.1, -0.05) is 37.6 Å². The average molecular weight is 549 g/mol. The van der Waals surface area contributed by atoms with Crippen molar-refractivity contribution in [3.8, 4) is 17.5 Å². The molecule has 0 saturated heterocycles. The first-order valence-corrected chi connectivity index (χ1v) is 12.8. The predicted octanol–water partition coefficient (Wildman–Crippen LogP) is 3.99. The molecule has 0 fully saturated rings. The van der Waals surface area contributed by atoms with Gasteiger partial charge < -0.3 is 11.1 Å². The summed E-state index contributed by atoms with van der Waals surface area (Å²) in [5, 5.41) is 7.50. The molecule has 0 aliphatic rings. The van der Waals surface area contributed by atoms with Crippen LogP contribution in [0.25, 0.3) is 22.2 Å². The fourth-order valence-corrected chi connectivity index (χ4v) is 4.79. The molecule has 1 atom stereocenters. The molecule has 0 radical (unpaired) electrons. The molecule has 0 spiro atoms. The fourth-order valence-electron chi connectivity index (χ4n) is 4.32. The maximum Gasteiger partial charge on any atom is 0.274 e. The molecule has 1 amide bonds. The third-order valence-electron chi connectivity index (χ3n) is 6.06. The topological polar surface area (TPSA) is 133 Å². The van der Waals surface area contributed by atoms with Crippen LogP contribution in [0.1, 0.15) is 47.1 Å². The highest BCUT2D eigenvalue weighted by Crippen LogP contribution is 2.21. The first-order valence-electron chi connectivity index (χ1n) is 11.9. The standard InChI is InChI=1S/C28H20N8O2S.CH4/c1-17(32-27(37)24-25(29)34-22-11-6-14-31-36(22)24)26-33-21-10-5-7-18(12-13-20-15-30-16-39-20)23(21)28(38)35(26)19-8-3-2-4-9-19;/h2-11,14-17H,29H2,1H3,(H,32,37);1H4/t17-;/m0./s1. The normalized spacial score (nSPS) is 11.4. The van der Waals surface area contributed by atoms with Crippen molar-refractivity contribution in [1.82, 2.24) is 34.4 Å². The molecule has 4 aromatic heterocycles. The first-order chi connectivity index (χ1) is 19.0. The lowest BCUT2D eigenvalue weighted by Gasteiger charge is -2.20. The Hall–Kier alpha value is -5.34. The number of thiazole rings is 1. The van der Waals surface area contributed by atoms with Crippen LogP contribution in [0.15, 0.2) is 83.4 Å². The number of carbonyl (C=O) groups is 1. The van der Waals surface area contributed by atoms with Crippen molar-refractivity contribution >= 4 is 39.6 Å². The zero-order valence-electron chi connectivity index (χ0n) is 20.6. The van der Waals surface area contributed by atoms with Gasteiger partial charge in [-0.3, -0.25) is 19.1 Å². The number of anilines is 1. The predicted molar refractivity (Wildman–Crippen MR) is 155 cm³/mol. The van der Waals surface area contributed by atoms with Gasteiger partial charge in [0.2, 0.25) is 0 Å². The van der Waals surface area contributed by atoms with Gasteiger partial charge in [-0.25, -0.2) is 14.5 Å². The van der Waals surface area contributed by atoms with E-state index in [0.29, 0.717) is 33.6 Å². The number of amides is 1. The number of carbonyl (C=O) groups excluding carboxylic acids is 1. The summed E-state index contributed by atoms with van der Waals surface area (Å²) in [6.45, 7) is 1.76. The van der Waals surface area contributed by atoms with Crippen molar-refractivity contribution in [2.45, 2.75) is 20.4 Å². The van der Waals surface area contributed by atoms with Crippen molar-refractivity contribution in [3.05, 3.63) is 111 Å². The maximum atomic E-state index is 14.1. The number of rotatable bonds is 4. The summed E-state index contributed by atoms with van der Waals surface area (Å²) in [4.78, 5) is 41.3. The molecule has 3 N–H and O–H groups in total. The lowest BCUT2D eigenvalue weighted by molar-refractivity contribution is 0.0931. The molecule has 40 heavy (non-hydrogen) atoms. The van der Waals surface area contributed by atoms with E-state index in [-0.39, 0.29) is 24.5 Å². The van der Waals surface area contributed by atoms with Crippen LogP contribution in [-0.2, 0) is 0 Å². The highest BCUT2D eigenvalue weighted by molar-refractivity contribution is 7.10. The van der Waals surface area contributed by atoms with Crippen molar-refractivity contribution in [3.63, 3.8) is 0 Å². The van der Waals surface area contributed by atoms with E-state index in [0.717, 1.165) is 4.88 Å². The molecule has 0 bridgehead atoms. The van der Waals surface area contributed by atoms with Gasteiger partial charge in [-0.2, -0.15) is 5.10 Å². The van der Waals surface area contributed by atoms with Crippen molar-refractivity contribution < 1.29 is 4.79 Å². The molecule has 11 heteroatoms. The van der Waals surface area contributed by atoms with Crippen molar-refractivity contribution in [2.24, 2.45) is 0 Å². The number of benzene rings is 2. The number of nitrogens with two attached hydrogens (primary N) is 1. The monoisotopic (exact) mass is 548 g/mol. The lowest BCUT2D eigenvalue weighted by Crippen LogP contribution is -2.34. The van der Waals surface area contributed by atoms with Gasteiger partial charge in [0.05, 0.1) is 39.2 Å². The molecule has 6 aromatic rings. The van der Waals surface area contributed by atoms with Crippen LogP contribution < -0.4 is 16.6 Å². The summed E-state index contributed by atoms with van der Waals surface area (Å²) < 4.78 is 2.88. The average Bonchev–Trinajstić information content (AvgIpc) is 3.59. The second-order valence-electron chi connectivity index (χ2n) is 8.60. The van der Waals surface area contributed by atoms with Gasteiger partial charge in [0.1, 0.15) is 5.82 Å². The van der Waals surface area contributed by atoms with Gasteiger partial charge in [0, 0.05) is 11.8 Å². The minimum Gasteiger partial charge on any atom is -0.382 e. The molecule has 4 heterocycles. The number of nitrogen functional groups attached to an aromatic ring is 1. The Labute approximate surface area is 233 Å².